The highest BCUT2D eigenvalue weighted by molar-refractivity contribution is 5.67. The van der Waals surface area contributed by atoms with Crippen LogP contribution in [0.25, 0.3) is 0 Å². The predicted octanol–water partition coefficient (Wildman–Crippen LogP) is 4.78. The largest absolute Gasteiger partial charge is 0.490 e. The van der Waals surface area contributed by atoms with Gasteiger partial charge in [0.2, 0.25) is 0 Å². The molecule has 1 aromatic carbocycles. The van der Waals surface area contributed by atoms with Crippen molar-refractivity contribution in [3.63, 3.8) is 0 Å². The van der Waals surface area contributed by atoms with Gasteiger partial charge in [-0.15, -0.1) is 0 Å². The first-order valence-corrected chi connectivity index (χ1v) is 7.70. The van der Waals surface area contributed by atoms with Crippen molar-refractivity contribution in [1.82, 2.24) is 0 Å². The van der Waals surface area contributed by atoms with Crippen molar-refractivity contribution in [2.24, 2.45) is 0 Å². The predicted molar refractivity (Wildman–Crippen MR) is 90.3 cm³/mol. The Hall–Kier alpha value is -2.03. The average Bonchev–Trinajstić information content (AvgIpc) is 2.46. The number of hydrogen-bond donors (Lipinski definition) is 1. The van der Waals surface area contributed by atoms with Crippen molar-refractivity contribution >= 4 is 5.97 Å². The number of rotatable bonds is 9. The van der Waals surface area contributed by atoms with Crippen LogP contribution in [0.4, 0.5) is 0 Å². The van der Waals surface area contributed by atoms with Crippen LogP contribution in [0.1, 0.15) is 45.6 Å². The van der Waals surface area contributed by atoms with Gasteiger partial charge in [-0.05, 0) is 63.8 Å². The van der Waals surface area contributed by atoms with Gasteiger partial charge >= 0.3 is 5.97 Å². The van der Waals surface area contributed by atoms with E-state index in [0.717, 1.165) is 24.2 Å². The summed E-state index contributed by atoms with van der Waals surface area (Å²) in [4.78, 5) is 10.5. The molecule has 0 unspecified atom stereocenters. The standard InChI is InChI=1S/C19H26O3/c1-15(2)5-4-6-16(3)13-14-22-18-10-7-17(8-11-18)9-12-19(20)21/h5,7-8,10-11,13H,4,6,9,12,14H2,1-3H3,(H,20,21)/b16-13-. The average molecular weight is 302 g/mol. The third kappa shape index (κ3) is 8.30. The van der Waals surface area contributed by atoms with Gasteiger partial charge in [0, 0.05) is 6.42 Å². The maximum atomic E-state index is 10.5. The van der Waals surface area contributed by atoms with Crippen LogP contribution in [0, 0.1) is 0 Å². The molecule has 1 N–H and O–H groups in total. The smallest absolute Gasteiger partial charge is 0.303 e. The minimum Gasteiger partial charge on any atom is -0.490 e. The lowest BCUT2D eigenvalue weighted by molar-refractivity contribution is -0.136. The molecule has 1 rings (SSSR count). The maximum absolute atomic E-state index is 10.5. The topological polar surface area (TPSA) is 46.5 Å². The van der Waals surface area contributed by atoms with E-state index in [1.54, 1.807) is 0 Å². The molecule has 1 aromatic rings. The van der Waals surface area contributed by atoms with Crippen molar-refractivity contribution in [2.75, 3.05) is 6.61 Å². The molecule has 0 spiro atoms. The number of carboxylic acids is 1. The van der Waals surface area contributed by atoms with E-state index >= 15 is 0 Å². The Morgan fingerprint density at radius 1 is 1.09 bits per heavy atom. The molecular formula is C19H26O3. The normalized spacial score (nSPS) is 11.1. The van der Waals surface area contributed by atoms with E-state index in [2.05, 4.69) is 32.9 Å². The monoisotopic (exact) mass is 302 g/mol. The molecule has 22 heavy (non-hydrogen) atoms. The fourth-order valence-corrected chi connectivity index (χ4v) is 1.97. The molecule has 3 heteroatoms. The van der Waals surface area contributed by atoms with Crippen molar-refractivity contribution in [2.45, 2.75) is 46.5 Å². The molecule has 0 saturated heterocycles. The summed E-state index contributed by atoms with van der Waals surface area (Å²) < 4.78 is 5.68. The van der Waals surface area contributed by atoms with Gasteiger partial charge in [0.25, 0.3) is 0 Å². The molecule has 0 aliphatic heterocycles. The first-order chi connectivity index (χ1) is 10.5. The summed E-state index contributed by atoms with van der Waals surface area (Å²) in [5, 5.41) is 8.65. The number of aryl methyl sites for hydroxylation is 1. The number of benzene rings is 1. The first-order valence-electron chi connectivity index (χ1n) is 7.70. The third-order valence-electron chi connectivity index (χ3n) is 3.32. The zero-order chi connectivity index (χ0) is 16.4. The molecule has 0 saturated carbocycles. The lowest BCUT2D eigenvalue weighted by Crippen LogP contribution is -1.98. The second-order valence-corrected chi connectivity index (χ2v) is 5.72. The molecule has 0 aliphatic rings. The lowest BCUT2D eigenvalue weighted by Gasteiger charge is -2.06. The quantitative estimate of drug-likeness (QED) is 0.668. The van der Waals surface area contributed by atoms with Crippen LogP contribution in [0.3, 0.4) is 0 Å². The van der Waals surface area contributed by atoms with E-state index in [1.807, 2.05) is 24.3 Å². The van der Waals surface area contributed by atoms with Crippen LogP contribution >= 0.6 is 0 Å². The van der Waals surface area contributed by atoms with Gasteiger partial charge in [-0.1, -0.05) is 29.4 Å². The SMILES string of the molecule is CC(C)=CCC/C(C)=C\COc1ccc(CCC(=O)O)cc1. The second-order valence-electron chi connectivity index (χ2n) is 5.72. The molecule has 0 fully saturated rings. The molecule has 0 atom stereocenters. The van der Waals surface area contributed by atoms with Gasteiger partial charge < -0.3 is 9.84 Å². The van der Waals surface area contributed by atoms with E-state index in [1.165, 1.54) is 11.1 Å². The van der Waals surface area contributed by atoms with Crippen molar-refractivity contribution in [1.29, 1.82) is 0 Å². The number of carbonyl (C=O) groups is 1. The van der Waals surface area contributed by atoms with Crippen molar-refractivity contribution in [3.05, 3.63) is 53.1 Å². The summed E-state index contributed by atoms with van der Waals surface area (Å²) in [6.45, 7) is 6.91. The molecule has 0 radical (unpaired) electrons. The van der Waals surface area contributed by atoms with E-state index in [9.17, 15) is 4.79 Å². The van der Waals surface area contributed by atoms with Crippen LogP contribution < -0.4 is 4.74 Å². The number of carboxylic acid groups (broad SMARTS) is 1. The van der Waals surface area contributed by atoms with E-state index in [4.69, 9.17) is 9.84 Å². The highest BCUT2D eigenvalue weighted by Crippen LogP contribution is 2.14. The summed E-state index contributed by atoms with van der Waals surface area (Å²) >= 11 is 0. The molecule has 0 aliphatic carbocycles. The Kier molecular flexibility index (Phi) is 8.05. The summed E-state index contributed by atoms with van der Waals surface area (Å²) in [7, 11) is 0. The number of hydrogen-bond acceptors (Lipinski definition) is 2. The Labute approximate surface area is 133 Å². The fourth-order valence-electron chi connectivity index (χ4n) is 1.97. The van der Waals surface area contributed by atoms with Gasteiger partial charge in [-0.3, -0.25) is 4.79 Å². The highest BCUT2D eigenvalue weighted by atomic mass is 16.5. The van der Waals surface area contributed by atoms with Crippen LogP contribution in [0.15, 0.2) is 47.6 Å². The summed E-state index contributed by atoms with van der Waals surface area (Å²) in [6.07, 6.45) is 7.20. The van der Waals surface area contributed by atoms with Crippen molar-refractivity contribution in [3.8, 4) is 5.75 Å². The van der Waals surface area contributed by atoms with Gasteiger partial charge in [0.15, 0.2) is 0 Å². The number of aliphatic carboxylic acids is 1. The fraction of sp³-hybridized carbons (Fsp3) is 0.421. The van der Waals surface area contributed by atoms with Gasteiger partial charge in [-0.25, -0.2) is 0 Å². The first kappa shape index (κ1) is 18.0. The molecule has 0 aromatic heterocycles. The lowest BCUT2D eigenvalue weighted by atomic mass is 10.1. The number of allylic oxidation sites excluding steroid dienone is 3. The molecule has 0 amide bonds. The summed E-state index contributed by atoms with van der Waals surface area (Å²) in [6, 6.07) is 7.63. The Morgan fingerprint density at radius 2 is 1.77 bits per heavy atom. The van der Waals surface area contributed by atoms with Crippen LogP contribution in [0.5, 0.6) is 5.75 Å². The number of ether oxygens (including phenoxy) is 1. The van der Waals surface area contributed by atoms with Crippen molar-refractivity contribution < 1.29 is 14.6 Å². The van der Waals surface area contributed by atoms with E-state index in [-0.39, 0.29) is 6.42 Å². The third-order valence-corrected chi connectivity index (χ3v) is 3.32. The summed E-state index contributed by atoms with van der Waals surface area (Å²) in [5.74, 6) is 0.0430. The van der Waals surface area contributed by atoms with Gasteiger partial charge in [0.1, 0.15) is 12.4 Å². The van der Waals surface area contributed by atoms with Crippen LogP contribution in [0.2, 0.25) is 0 Å². The van der Waals surface area contributed by atoms with E-state index < -0.39 is 5.97 Å². The Morgan fingerprint density at radius 3 is 2.36 bits per heavy atom. The molecular weight excluding hydrogens is 276 g/mol. The zero-order valence-corrected chi connectivity index (χ0v) is 13.8. The molecule has 120 valence electrons. The molecule has 0 bridgehead atoms. The molecule has 3 nitrogen and oxygen atoms in total. The Bertz CT molecular complexity index is 520. The van der Waals surface area contributed by atoms with Crippen LogP contribution in [-0.2, 0) is 11.2 Å². The van der Waals surface area contributed by atoms with Crippen LogP contribution in [-0.4, -0.2) is 17.7 Å². The second kappa shape index (κ2) is 9.82. The van der Waals surface area contributed by atoms with Gasteiger partial charge in [0.05, 0.1) is 0 Å². The summed E-state index contributed by atoms with van der Waals surface area (Å²) in [5.41, 5.74) is 3.70. The van der Waals surface area contributed by atoms with E-state index in [0.29, 0.717) is 13.0 Å². The van der Waals surface area contributed by atoms with Gasteiger partial charge in [-0.2, -0.15) is 0 Å². The Balaban J connectivity index is 2.35. The molecule has 0 heterocycles. The zero-order valence-electron chi connectivity index (χ0n) is 13.8. The minimum absolute atomic E-state index is 0.161. The minimum atomic E-state index is -0.769. The highest BCUT2D eigenvalue weighted by Gasteiger charge is 1.99. The maximum Gasteiger partial charge on any atom is 0.303 e.